The van der Waals surface area contributed by atoms with Crippen LogP contribution in [0.5, 0.6) is 0 Å². The molecule has 0 radical (unpaired) electrons. The van der Waals surface area contributed by atoms with Crippen LogP contribution in [0.15, 0.2) is 42.5 Å². The maximum atomic E-state index is 13.4. The first-order chi connectivity index (χ1) is 14.5. The van der Waals surface area contributed by atoms with Crippen LogP contribution >= 0.6 is 0 Å². The predicted octanol–water partition coefficient (Wildman–Crippen LogP) is 4.38. The molecule has 162 valence electrons. The van der Waals surface area contributed by atoms with Gasteiger partial charge < -0.3 is 9.64 Å². The van der Waals surface area contributed by atoms with Crippen molar-refractivity contribution in [2.45, 2.75) is 45.4 Å². The second kappa shape index (κ2) is 10.6. The molecule has 1 fully saturated rings. The van der Waals surface area contributed by atoms with Crippen LogP contribution in [-0.2, 0) is 20.7 Å². The SMILES string of the molecule is CCOC(=O)C(Cc1cccc(N(C)C)n1)C(=O)[C@H]1CC[C@H](C2C=CC=CC2)CC1. The van der Waals surface area contributed by atoms with Crippen molar-refractivity contribution in [2.75, 3.05) is 25.6 Å². The second-order valence-electron chi connectivity index (χ2n) is 8.62. The lowest BCUT2D eigenvalue weighted by Gasteiger charge is -2.33. The topological polar surface area (TPSA) is 59.5 Å². The van der Waals surface area contributed by atoms with E-state index >= 15 is 0 Å². The van der Waals surface area contributed by atoms with E-state index in [1.54, 1.807) is 6.92 Å². The standard InChI is InChI=1S/C25H34N2O3/c1-4-30-25(29)22(17-21-11-8-12-23(26-21)27(2)3)24(28)20-15-13-19(14-16-20)18-9-6-5-7-10-18/h5-9,11-12,18-20,22H,4,10,13-17H2,1-3H3/t18?,19-,20-,22?. The van der Waals surface area contributed by atoms with E-state index in [0.29, 0.717) is 18.3 Å². The Morgan fingerprint density at radius 2 is 1.93 bits per heavy atom. The quantitative estimate of drug-likeness (QED) is 0.470. The van der Waals surface area contributed by atoms with Gasteiger partial charge in [-0.25, -0.2) is 4.98 Å². The lowest BCUT2D eigenvalue weighted by Crippen LogP contribution is -2.35. The largest absolute Gasteiger partial charge is 0.465 e. The Bertz CT molecular complexity index is 791. The Morgan fingerprint density at radius 3 is 2.57 bits per heavy atom. The van der Waals surface area contributed by atoms with Crippen LogP contribution in [-0.4, -0.2) is 37.4 Å². The molecule has 5 heteroatoms. The van der Waals surface area contributed by atoms with Gasteiger partial charge in [-0.1, -0.05) is 30.4 Å². The lowest BCUT2D eigenvalue weighted by atomic mass is 9.71. The number of carbonyl (C=O) groups is 2. The molecule has 1 aromatic rings. The third kappa shape index (κ3) is 5.59. The van der Waals surface area contributed by atoms with Gasteiger partial charge in [-0.2, -0.15) is 0 Å². The highest BCUT2D eigenvalue weighted by atomic mass is 16.5. The molecule has 2 aliphatic rings. The molecule has 0 bridgehead atoms. The van der Waals surface area contributed by atoms with Gasteiger partial charge in [-0.05, 0) is 63.0 Å². The number of pyridine rings is 1. The molecule has 0 aliphatic heterocycles. The highest BCUT2D eigenvalue weighted by Crippen LogP contribution is 2.38. The molecule has 1 aromatic heterocycles. The molecule has 30 heavy (non-hydrogen) atoms. The van der Waals surface area contributed by atoms with Gasteiger partial charge in [-0.3, -0.25) is 9.59 Å². The molecule has 1 heterocycles. The molecule has 0 saturated heterocycles. The van der Waals surface area contributed by atoms with Crippen LogP contribution in [0, 0.1) is 23.7 Å². The minimum Gasteiger partial charge on any atom is -0.465 e. The van der Waals surface area contributed by atoms with E-state index in [4.69, 9.17) is 4.74 Å². The van der Waals surface area contributed by atoms with Gasteiger partial charge in [0.1, 0.15) is 11.7 Å². The fraction of sp³-hybridized carbons (Fsp3) is 0.560. The molecular formula is C25H34N2O3. The molecule has 0 N–H and O–H groups in total. The highest BCUT2D eigenvalue weighted by Gasteiger charge is 2.37. The van der Waals surface area contributed by atoms with E-state index in [1.807, 2.05) is 37.2 Å². The normalized spacial score (nSPS) is 24.3. The van der Waals surface area contributed by atoms with Gasteiger partial charge in [0.05, 0.1) is 6.61 Å². The van der Waals surface area contributed by atoms with Gasteiger partial charge >= 0.3 is 5.97 Å². The molecule has 2 unspecified atom stereocenters. The first kappa shape index (κ1) is 22.3. The van der Waals surface area contributed by atoms with Gasteiger partial charge in [0.15, 0.2) is 5.78 Å². The summed E-state index contributed by atoms with van der Waals surface area (Å²) >= 11 is 0. The Kier molecular flexibility index (Phi) is 7.83. The molecule has 0 spiro atoms. The smallest absolute Gasteiger partial charge is 0.316 e. The zero-order valence-electron chi connectivity index (χ0n) is 18.4. The molecule has 5 nitrogen and oxygen atoms in total. The number of hydrogen-bond acceptors (Lipinski definition) is 5. The van der Waals surface area contributed by atoms with Gasteiger partial charge in [0.2, 0.25) is 0 Å². The minimum absolute atomic E-state index is 0.0306. The number of aromatic nitrogens is 1. The van der Waals surface area contributed by atoms with Crippen LogP contribution < -0.4 is 4.90 Å². The summed E-state index contributed by atoms with van der Waals surface area (Å²) in [5, 5.41) is 0. The fourth-order valence-electron chi connectivity index (χ4n) is 4.65. The number of ketones is 1. The van der Waals surface area contributed by atoms with E-state index in [2.05, 4.69) is 29.3 Å². The predicted molar refractivity (Wildman–Crippen MR) is 119 cm³/mol. The molecule has 1 saturated carbocycles. The zero-order chi connectivity index (χ0) is 21.5. The maximum Gasteiger partial charge on any atom is 0.316 e. The van der Waals surface area contributed by atoms with E-state index in [-0.39, 0.29) is 18.3 Å². The molecule has 3 rings (SSSR count). The fourth-order valence-corrected chi connectivity index (χ4v) is 4.65. The van der Waals surface area contributed by atoms with Crippen molar-refractivity contribution in [1.82, 2.24) is 4.98 Å². The van der Waals surface area contributed by atoms with Crippen molar-refractivity contribution in [3.05, 3.63) is 48.2 Å². The van der Waals surface area contributed by atoms with Crippen molar-refractivity contribution >= 4 is 17.6 Å². The maximum absolute atomic E-state index is 13.4. The summed E-state index contributed by atoms with van der Waals surface area (Å²) in [6.45, 7) is 2.06. The van der Waals surface area contributed by atoms with E-state index in [0.717, 1.165) is 43.6 Å². The third-order valence-electron chi connectivity index (χ3n) is 6.37. The van der Waals surface area contributed by atoms with Crippen LogP contribution in [0.4, 0.5) is 5.82 Å². The minimum atomic E-state index is -0.770. The number of ether oxygens (including phenoxy) is 1. The van der Waals surface area contributed by atoms with Gasteiger partial charge in [0.25, 0.3) is 0 Å². The summed E-state index contributed by atoms with van der Waals surface area (Å²) in [7, 11) is 3.85. The summed E-state index contributed by atoms with van der Waals surface area (Å²) in [6, 6.07) is 5.72. The van der Waals surface area contributed by atoms with Crippen molar-refractivity contribution < 1.29 is 14.3 Å². The highest BCUT2D eigenvalue weighted by molar-refractivity contribution is 6.00. The average molecular weight is 411 g/mol. The van der Waals surface area contributed by atoms with Crippen LogP contribution in [0.2, 0.25) is 0 Å². The first-order valence-corrected chi connectivity index (χ1v) is 11.2. The van der Waals surface area contributed by atoms with Crippen LogP contribution in [0.3, 0.4) is 0 Å². The van der Waals surface area contributed by atoms with E-state index in [1.165, 1.54) is 0 Å². The third-order valence-corrected chi connectivity index (χ3v) is 6.37. The van der Waals surface area contributed by atoms with Crippen molar-refractivity contribution in [3.63, 3.8) is 0 Å². The Balaban J connectivity index is 1.67. The van der Waals surface area contributed by atoms with Crippen molar-refractivity contribution in [3.8, 4) is 0 Å². The number of rotatable bonds is 8. The summed E-state index contributed by atoms with van der Waals surface area (Å²) in [6.07, 6.45) is 14.0. The number of anilines is 1. The molecule has 0 amide bonds. The Hall–Kier alpha value is -2.43. The number of carbonyl (C=O) groups excluding carboxylic acids is 2. The number of hydrogen-bond donors (Lipinski definition) is 0. The van der Waals surface area contributed by atoms with Crippen LogP contribution in [0.1, 0.15) is 44.7 Å². The monoisotopic (exact) mass is 410 g/mol. The molecule has 2 aliphatic carbocycles. The van der Waals surface area contributed by atoms with Crippen molar-refractivity contribution in [1.29, 1.82) is 0 Å². The number of nitrogens with zero attached hydrogens (tertiary/aromatic N) is 2. The lowest BCUT2D eigenvalue weighted by molar-refractivity contribution is -0.153. The van der Waals surface area contributed by atoms with Gasteiger partial charge in [0, 0.05) is 32.1 Å². The summed E-state index contributed by atoms with van der Waals surface area (Å²) in [5.41, 5.74) is 0.750. The van der Waals surface area contributed by atoms with Gasteiger partial charge in [-0.15, -0.1) is 0 Å². The summed E-state index contributed by atoms with van der Waals surface area (Å²) in [5.74, 6) is 0.826. The van der Waals surface area contributed by atoms with Crippen molar-refractivity contribution in [2.24, 2.45) is 23.7 Å². The second-order valence-corrected chi connectivity index (χ2v) is 8.62. The number of esters is 1. The molecule has 0 aromatic carbocycles. The first-order valence-electron chi connectivity index (χ1n) is 11.2. The average Bonchev–Trinajstić information content (AvgIpc) is 2.78. The Labute approximate surface area is 180 Å². The number of allylic oxidation sites excluding steroid dienone is 4. The summed E-state index contributed by atoms with van der Waals surface area (Å²) in [4.78, 5) is 32.5. The molecular weight excluding hydrogens is 376 g/mol. The number of Topliss-reactive ketones (excluding diaryl/α,β-unsaturated/α-hetero) is 1. The zero-order valence-corrected chi connectivity index (χ0v) is 18.4. The summed E-state index contributed by atoms with van der Waals surface area (Å²) < 4.78 is 5.27. The Morgan fingerprint density at radius 1 is 1.17 bits per heavy atom. The van der Waals surface area contributed by atoms with Crippen LogP contribution in [0.25, 0.3) is 0 Å². The van der Waals surface area contributed by atoms with E-state index in [9.17, 15) is 9.59 Å². The van der Waals surface area contributed by atoms with E-state index < -0.39 is 11.9 Å². The molecule has 2 atom stereocenters.